The number of ether oxygens (including phenoxy) is 3. The topological polar surface area (TPSA) is 94.5 Å². The van der Waals surface area contributed by atoms with Gasteiger partial charge in [0.05, 0.1) is 46.2 Å². The summed E-state index contributed by atoms with van der Waals surface area (Å²) in [5.41, 5.74) is 1.12. The zero-order valence-corrected chi connectivity index (χ0v) is 12.6. The summed E-state index contributed by atoms with van der Waals surface area (Å²) in [4.78, 5) is 16.8. The van der Waals surface area contributed by atoms with Crippen LogP contribution in [-0.4, -0.2) is 49.4 Å². The minimum Gasteiger partial charge on any atom is -0.377 e. The first-order chi connectivity index (χ1) is 10.1. The molecule has 2 N–H and O–H groups in total. The standard InChI is InChI=1S/C13H21O7P/c14-21(15,16)20-11-10-18-7-6-17-8-9-19-12-13-4-2-1-3-5-13/h1-5H,6-12H2,(H2,14,15,16). The lowest BCUT2D eigenvalue weighted by Gasteiger charge is -2.07. The van der Waals surface area contributed by atoms with E-state index in [-0.39, 0.29) is 13.2 Å². The highest BCUT2D eigenvalue weighted by Crippen LogP contribution is 2.35. The zero-order valence-electron chi connectivity index (χ0n) is 11.7. The van der Waals surface area contributed by atoms with Gasteiger partial charge in [0.1, 0.15) is 0 Å². The number of hydrogen-bond acceptors (Lipinski definition) is 5. The van der Waals surface area contributed by atoms with Gasteiger partial charge in [-0.15, -0.1) is 0 Å². The second kappa shape index (κ2) is 10.9. The molecule has 0 saturated carbocycles. The molecule has 0 aliphatic carbocycles. The molecule has 7 nitrogen and oxygen atoms in total. The van der Waals surface area contributed by atoms with Crippen LogP contribution in [0.4, 0.5) is 0 Å². The summed E-state index contributed by atoms with van der Waals surface area (Å²) >= 11 is 0. The Kier molecular flexibility index (Phi) is 9.45. The molecule has 0 fully saturated rings. The van der Waals surface area contributed by atoms with Gasteiger partial charge in [-0.05, 0) is 5.56 Å². The Morgan fingerprint density at radius 3 is 1.90 bits per heavy atom. The van der Waals surface area contributed by atoms with E-state index in [2.05, 4.69) is 4.52 Å². The maximum atomic E-state index is 10.3. The molecule has 0 bridgehead atoms. The van der Waals surface area contributed by atoms with E-state index < -0.39 is 7.82 Å². The molecule has 0 aromatic heterocycles. The van der Waals surface area contributed by atoms with E-state index in [0.717, 1.165) is 5.56 Å². The van der Waals surface area contributed by atoms with Crippen molar-refractivity contribution in [1.29, 1.82) is 0 Å². The number of phosphoric ester groups is 1. The number of rotatable bonds is 12. The Balaban J connectivity index is 1.82. The SMILES string of the molecule is O=P(O)(O)OCCOCCOCCOCc1ccccc1. The minimum absolute atomic E-state index is 0.110. The van der Waals surface area contributed by atoms with Crippen LogP contribution in [0.5, 0.6) is 0 Å². The Morgan fingerprint density at radius 1 is 0.810 bits per heavy atom. The molecular formula is C13H21O7P. The van der Waals surface area contributed by atoms with Crippen molar-refractivity contribution in [3.63, 3.8) is 0 Å². The molecule has 0 saturated heterocycles. The number of phosphoric acid groups is 1. The zero-order chi connectivity index (χ0) is 15.4. The summed E-state index contributed by atoms with van der Waals surface area (Å²) in [6, 6.07) is 9.87. The molecule has 1 rings (SSSR count). The first-order valence-corrected chi connectivity index (χ1v) is 8.08. The van der Waals surface area contributed by atoms with Crippen molar-refractivity contribution in [3.05, 3.63) is 35.9 Å². The van der Waals surface area contributed by atoms with Crippen molar-refractivity contribution in [2.75, 3.05) is 39.6 Å². The first-order valence-electron chi connectivity index (χ1n) is 6.55. The molecule has 0 spiro atoms. The molecule has 0 aliphatic heterocycles. The van der Waals surface area contributed by atoms with Gasteiger partial charge in [0.15, 0.2) is 0 Å². The molecule has 0 radical (unpaired) electrons. The normalized spacial score (nSPS) is 11.7. The lowest BCUT2D eigenvalue weighted by Crippen LogP contribution is -2.11. The minimum atomic E-state index is -4.39. The van der Waals surface area contributed by atoms with Crippen molar-refractivity contribution >= 4 is 7.82 Å². The average molecular weight is 320 g/mol. The first kappa shape index (κ1) is 18.3. The summed E-state index contributed by atoms with van der Waals surface area (Å²) in [5, 5.41) is 0. The van der Waals surface area contributed by atoms with Crippen LogP contribution in [0, 0.1) is 0 Å². The van der Waals surface area contributed by atoms with Crippen LogP contribution in [0.1, 0.15) is 5.56 Å². The predicted octanol–water partition coefficient (Wildman–Crippen LogP) is 1.35. The Hall–Kier alpha value is -0.790. The van der Waals surface area contributed by atoms with Crippen LogP contribution in [-0.2, 0) is 29.9 Å². The van der Waals surface area contributed by atoms with Gasteiger partial charge in [-0.3, -0.25) is 4.52 Å². The van der Waals surface area contributed by atoms with Crippen molar-refractivity contribution in [3.8, 4) is 0 Å². The second-order valence-corrected chi connectivity index (χ2v) is 5.33. The van der Waals surface area contributed by atoms with Crippen LogP contribution in [0.25, 0.3) is 0 Å². The van der Waals surface area contributed by atoms with E-state index in [9.17, 15) is 4.57 Å². The third-order valence-electron chi connectivity index (χ3n) is 2.34. The van der Waals surface area contributed by atoms with Crippen LogP contribution >= 0.6 is 7.82 Å². The van der Waals surface area contributed by atoms with Crippen LogP contribution in [0.2, 0.25) is 0 Å². The quantitative estimate of drug-likeness (QED) is 0.443. The van der Waals surface area contributed by atoms with Crippen molar-refractivity contribution in [2.24, 2.45) is 0 Å². The van der Waals surface area contributed by atoms with E-state index in [1.54, 1.807) is 0 Å². The summed E-state index contributed by atoms with van der Waals surface area (Å²) < 4.78 is 30.3. The van der Waals surface area contributed by atoms with Gasteiger partial charge in [-0.25, -0.2) is 4.57 Å². The van der Waals surface area contributed by atoms with E-state index in [1.807, 2.05) is 30.3 Å². The highest BCUT2D eigenvalue weighted by Gasteiger charge is 2.12. The summed E-state index contributed by atoms with van der Waals surface area (Å²) in [5.74, 6) is 0. The number of benzene rings is 1. The molecule has 0 aliphatic rings. The third-order valence-corrected chi connectivity index (χ3v) is 2.86. The molecule has 8 heteroatoms. The predicted molar refractivity (Wildman–Crippen MR) is 75.7 cm³/mol. The van der Waals surface area contributed by atoms with E-state index >= 15 is 0 Å². The Labute approximate surface area is 124 Å². The summed E-state index contributed by atoms with van der Waals surface area (Å²) in [7, 11) is -4.39. The molecular weight excluding hydrogens is 299 g/mol. The molecule has 0 atom stereocenters. The van der Waals surface area contributed by atoms with Gasteiger partial charge in [-0.2, -0.15) is 0 Å². The van der Waals surface area contributed by atoms with Crippen LogP contribution in [0.3, 0.4) is 0 Å². The largest absolute Gasteiger partial charge is 0.469 e. The van der Waals surface area contributed by atoms with Gasteiger partial charge >= 0.3 is 7.82 Å². The van der Waals surface area contributed by atoms with Gasteiger partial charge in [0.2, 0.25) is 0 Å². The van der Waals surface area contributed by atoms with Crippen LogP contribution in [0.15, 0.2) is 30.3 Å². The van der Waals surface area contributed by atoms with Gasteiger partial charge < -0.3 is 24.0 Å². The molecule has 120 valence electrons. The highest BCUT2D eigenvalue weighted by atomic mass is 31.2. The summed E-state index contributed by atoms with van der Waals surface area (Å²) in [6.45, 7) is 2.21. The molecule has 1 aromatic carbocycles. The van der Waals surface area contributed by atoms with Crippen molar-refractivity contribution in [2.45, 2.75) is 6.61 Å². The molecule has 0 amide bonds. The lowest BCUT2D eigenvalue weighted by atomic mass is 10.2. The monoisotopic (exact) mass is 320 g/mol. The van der Waals surface area contributed by atoms with Crippen molar-refractivity contribution < 1.29 is 33.1 Å². The maximum Gasteiger partial charge on any atom is 0.469 e. The Morgan fingerprint density at radius 2 is 1.33 bits per heavy atom. The maximum absolute atomic E-state index is 10.3. The van der Waals surface area contributed by atoms with Gasteiger partial charge in [-0.1, -0.05) is 30.3 Å². The molecule has 0 heterocycles. The van der Waals surface area contributed by atoms with E-state index in [4.69, 9.17) is 24.0 Å². The fraction of sp³-hybridized carbons (Fsp3) is 0.538. The second-order valence-electron chi connectivity index (χ2n) is 4.09. The van der Waals surface area contributed by atoms with Crippen LogP contribution < -0.4 is 0 Å². The van der Waals surface area contributed by atoms with E-state index in [0.29, 0.717) is 33.0 Å². The fourth-order valence-corrected chi connectivity index (χ4v) is 1.73. The highest BCUT2D eigenvalue weighted by molar-refractivity contribution is 7.46. The summed E-state index contributed by atoms with van der Waals surface area (Å²) in [6.07, 6.45) is 0. The van der Waals surface area contributed by atoms with Crippen molar-refractivity contribution in [1.82, 2.24) is 0 Å². The average Bonchev–Trinajstić information content (AvgIpc) is 2.44. The Bertz CT molecular complexity index is 406. The third kappa shape index (κ3) is 11.5. The smallest absolute Gasteiger partial charge is 0.377 e. The van der Waals surface area contributed by atoms with Gasteiger partial charge in [0.25, 0.3) is 0 Å². The van der Waals surface area contributed by atoms with Gasteiger partial charge in [0, 0.05) is 0 Å². The fourth-order valence-electron chi connectivity index (χ4n) is 1.42. The lowest BCUT2D eigenvalue weighted by molar-refractivity contribution is 0.00438. The van der Waals surface area contributed by atoms with E-state index in [1.165, 1.54) is 0 Å². The molecule has 1 aromatic rings. The molecule has 0 unspecified atom stereocenters. The molecule has 21 heavy (non-hydrogen) atoms. The number of hydrogen-bond donors (Lipinski definition) is 2.